The van der Waals surface area contributed by atoms with E-state index in [2.05, 4.69) is 15.9 Å². The second-order valence-corrected chi connectivity index (χ2v) is 5.59. The molecule has 0 saturated heterocycles. The van der Waals surface area contributed by atoms with Gasteiger partial charge < -0.3 is 10.0 Å². The Hall–Kier alpha value is -1.90. The SMILES string of the molecule is CC(CN(CCN(C)C)Cc1ccc(C#N)cc1)C(=O)O. The van der Waals surface area contributed by atoms with Gasteiger partial charge in [0.2, 0.25) is 0 Å². The van der Waals surface area contributed by atoms with Gasteiger partial charge in [-0.2, -0.15) is 5.26 Å². The first kappa shape index (κ1) is 17.2. The maximum Gasteiger partial charge on any atom is 0.307 e. The number of carboxylic acids is 1. The lowest BCUT2D eigenvalue weighted by Crippen LogP contribution is -2.36. The lowest BCUT2D eigenvalue weighted by molar-refractivity contribution is -0.141. The molecule has 0 aromatic heterocycles. The van der Waals surface area contributed by atoms with Crippen LogP contribution in [0.15, 0.2) is 24.3 Å². The smallest absolute Gasteiger partial charge is 0.307 e. The average molecular weight is 289 g/mol. The van der Waals surface area contributed by atoms with E-state index < -0.39 is 11.9 Å². The number of rotatable bonds is 8. The summed E-state index contributed by atoms with van der Waals surface area (Å²) in [7, 11) is 4.00. The first-order valence-corrected chi connectivity index (χ1v) is 7.01. The fraction of sp³-hybridized carbons (Fsp3) is 0.500. The molecule has 1 atom stereocenters. The molecule has 0 spiro atoms. The van der Waals surface area contributed by atoms with E-state index >= 15 is 0 Å². The molecule has 1 aromatic rings. The fourth-order valence-electron chi connectivity index (χ4n) is 1.98. The molecule has 0 fully saturated rings. The number of aliphatic carboxylic acids is 1. The van der Waals surface area contributed by atoms with Gasteiger partial charge in [-0.25, -0.2) is 0 Å². The number of carbonyl (C=O) groups is 1. The van der Waals surface area contributed by atoms with Gasteiger partial charge >= 0.3 is 5.97 Å². The van der Waals surface area contributed by atoms with Crippen molar-refractivity contribution < 1.29 is 9.90 Å². The van der Waals surface area contributed by atoms with Crippen molar-refractivity contribution in [1.82, 2.24) is 9.80 Å². The van der Waals surface area contributed by atoms with Gasteiger partial charge in [0.25, 0.3) is 0 Å². The van der Waals surface area contributed by atoms with Crippen LogP contribution in [0.2, 0.25) is 0 Å². The van der Waals surface area contributed by atoms with E-state index in [1.54, 1.807) is 19.1 Å². The molecule has 5 heteroatoms. The molecule has 1 unspecified atom stereocenters. The van der Waals surface area contributed by atoms with E-state index in [9.17, 15) is 4.79 Å². The quantitative estimate of drug-likeness (QED) is 0.788. The first-order chi connectivity index (χ1) is 9.92. The topological polar surface area (TPSA) is 67.6 Å². The van der Waals surface area contributed by atoms with Gasteiger partial charge in [0.1, 0.15) is 0 Å². The third kappa shape index (κ3) is 6.39. The predicted octanol–water partition coefficient (Wildman–Crippen LogP) is 1.64. The number of carboxylic acid groups (broad SMARTS) is 1. The molecule has 0 aliphatic heterocycles. The number of benzene rings is 1. The largest absolute Gasteiger partial charge is 0.481 e. The second kappa shape index (κ2) is 8.40. The highest BCUT2D eigenvalue weighted by Gasteiger charge is 2.16. The van der Waals surface area contributed by atoms with Crippen LogP contribution in [-0.2, 0) is 11.3 Å². The molecule has 0 bridgehead atoms. The standard InChI is InChI=1S/C16H23N3O2/c1-13(16(20)21)11-19(9-8-18(2)3)12-15-6-4-14(10-17)5-7-15/h4-7,13H,8-9,11-12H2,1-3H3,(H,20,21). The lowest BCUT2D eigenvalue weighted by Gasteiger charge is -2.25. The van der Waals surface area contributed by atoms with Crippen LogP contribution in [-0.4, -0.2) is 54.6 Å². The normalized spacial score (nSPS) is 12.4. The minimum Gasteiger partial charge on any atom is -0.481 e. The zero-order chi connectivity index (χ0) is 15.8. The summed E-state index contributed by atoms with van der Waals surface area (Å²) in [6, 6.07) is 9.53. The maximum absolute atomic E-state index is 11.0. The highest BCUT2D eigenvalue weighted by Crippen LogP contribution is 2.09. The second-order valence-electron chi connectivity index (χ2n) is 5.59. The van der Waals surface area contributed by atoms with E-state index in [4.69, 9.17) is 10.4 Å². The Morgan fingerprint density at radius 3 is 2.38 bits per heavy atom. The summed E-state index contributed by atoms with van der Waals surface area (Å²) in [4.78, 5) is 15.3. The molecule has 1 aromatic carbocycles. The fourth-order valence-corrected chi connectivity index (χ4v) is 1.98. The summed E-state index contributed by atoms with van der Waals surface area (Å²) in [5.74, 6) is -1.17. The summed E-state index contributed by atoms with van der Waals surface area (Å²) in [6.07, 6.45) is 0. The average Bonchev–Trinajstić information content (AvgIpc) is 2.45. The van der Waals surface area contributed by atoms with E-state index in [1.807, 2.05) is 26.2 Å². The molecule has 0 aliphatic carbocycles. The molecule has 1 N–H and O–H groups in total. The molecule has 0 radical (unpaired) electrons. The maximum atomic E-state index is 11.0. The summed E-state index contributed by atoms with van der Waals surface area (Å²) in [5.41, 5.74) is 1.72. The lowest BCUT2D eigenvalue weighted by atomic mass is 10.1. The van der Waals surface area contributed by atoms with E-state index in [-0.39, 0.29) is 0 Å². The van der Waals surface area contributed by atoms with Crippen molar-refractivity contribution in [3.63, 3.8) is 0 Å². The number of nitrogens with zero attached hydrogens (tertiary/aromatic N) is 3. The third-order valence-electron chi connectivity index (χ3n) is 3.31. The van der Waals surface area contributed by atoms with Crippen LogP contribution in [0.5, 0.6) is 0 Å². The van der Waals surface area contributed by atoms with Crippen LogP contribution in [0.25, 0.3) is 0 Å². The molecular formula is C16H23N3O2. The Bertz CT molecular complexity index is 491. The Balaban J connectivity index is 2.70. The van der Waals surface area contributed by atoms with Crippen LogP contribution in [0.1, 0.15) is 18.1 Å². The Morgan fingerprint density at radius 1 is 1.29 bits per heavy atom. The molecular weight excluding hydrogens is 266 g/mol. The van der Waals surface area contributed by atoms with Crippen molar-refractivity contribution in [1.29, 1.82) is 5.26 Å². The zero-order valence-corrected chi connectivity index (χ0v) is 12.9. The van der Waals surface area contributed by atoms with Gasteiger partial charge in [-0.15, -0.1) is 0 Å². The van der Waals surface area contributed by atoms with Crippen molar-refractivity contribution in [2.24, 2.45) is 5.92 Å². The highest BCUT2D eigenvalue weighted by molar-refractivity contribution is 5.69. The summed E-state index contributed by atoms with van der Waals surface area (Å²) in [6.45, 7) is 4.62. The van der Waals surface area contributed by atoms with Crippen molar-refractivity contribution in [3.05, 3.63) is 35.4 Å². The molecule has 0 heterocycles. The molecule has 21 heavy (non-hydrogen) atoms. The van der Waals surface area contributed by atoms with E-state index in [1.165, 1.54) is 0 Å². The molecule has 0 saturated carbocycles. The number of hydrogen-bond acceptors (Lipinski definition) is 4. The molecule has 0 aliphatic rings. The zero-order valence-electron chi connectivity index (χ0n) is 12.9. The predicted molar refractivity (Wildman–Crippen MR) is 81.8 cm³/mol. The molecule has 114 valence electrons. The van der Waals surface area contributed by atoms with E-state index in [0.717, 1.165) is 18.7 Å². The van der Waals surface area contributed by atoms with Crippen molar-refractivity contribution in [2.45, 2.75) is 13.5 Å². The van der Waals surface area contributed by atoms with Gasteiger partial charge in [0, 0.05) is 26.2 Å². The monoisotopic (exact) mass is 289 g/mol. The van der Waals surface area contributed by atoms with Crippen molar-refractivity contribution >= 4 is 5.97 Å². The van der Waals surface area contributed by atoms with Crippen LogP contribution in [0.4, 0.5) is 0 Å². The van der Waals surface area contributed by atoms with Crippen LogP contribution < -0.4 is 0 Å². The Morgan fingerprint density at radius 2 is 1.90 bits per heavy atom. The minimum atomic E-state index is -0.773. The summed E-state index contributed by atoms with van der Waals surface area (Å²) < 4.78 is 0. The van der Waals surface area contributed by atoms with Gasteiger partial charge in [-0.1, -0.05) is 19.1 Å². The van der Waals surface area contributed by atoms with Gasteiger partial charge in [0.05, 0.1) is 17.6 Å². The Labute approximate surface area is 126 Å². The van der Waals surface area contributed by atoms with Crippen LogP contribution in [0, 0.1) is 17.2 Å². The summed E-state index contributed by atoms with van der Waals surface area (Å²) in [5, 5.41) is 17.9. The van der Waals surface area contributed by atoms with Crippen LogP contribution >= 0.6 is 0 Å². The third-order valence-corrected chi connectivity index (χ3v) is 3.31. The minimum absolute atomic E-state index is 0.398. The van der Waals surface area contributed by atoms with Crippen molar-refractivity contribution in [3.8, 4) is 6.07 Å². The van der Waals surface area contributed by atoms with Gasteiger partial charge in [-0.05, 0) is 31.8 Å². The molecule has 1 rings (SSSR count). The number of nitriles is 1. The van der Waals surface area contributed by atoms with Crippen LogP contribution in [0.3, 0.4) is 0 Å². The molecule has 0 amide bonds. The van der Waals surface area contributed by atoms with Crippen molar-refractivity contribution in [2.75, 3.05) is 33.7 Å². The summed E-state index contributed by atoms with van der Waals surface area (Å²) >= 11 is 0. The van der Waals surface area contributed by atoms with E-state index in [0.29, 0.717) is 18.7 Å². The number of hydrogen-bond donors (Lipinski definition) is 1. The van der Waals surface area contributed by atoms with Gasteiger partial charge in [-0.3, -0.25) is 9.69 Å². The van der Waals surface area contributed by atoms with Gasteiger partial charge in [0.15, 0.2) is 0 Å². The number of likely N-dealkylation sites (N-methyl/N-ethyl adjacent to an activating group) is 1. The molecule has 5 nitrogen and oxygen atoms in total. The highest BCUT2D eigenvalue weighted by atomic mass is 16.4. The first-order valence-electron chi connectivity index (χ1n) is 7.01. The Kier molecular flexibility index (Phi) is 6.86.